The van der Waals surface area contributed by atoms with E-state index in [4.69, 9.17) is 24.0 Å². The van der Waals surface area contributed by atoms with Crippen LogP contribution in [0.4, 0.5) is 0 Å². The van der Waals surface area contributed by atoms with Crippen LogP contribution in [0.15, 0.2) is 67.3 Å². The Labute approximate surface area is 213 Å². The van der Waals surface area contributed by atoms with Crippen LogP contribution in [0.3, 0.4) is 0 Å². The Morgan fingerprint density at radius 2 is 1.89 bits per heavy atom. The summed E-state index contributed by atoms with van der Waals surface area (Å²) in [5, 5.41) is 15.5. The lowest BCUT2D eigenvalue weighted by atomic mass is 10.1. The first-order valence-corrected chi connectivity index (χ1v) is 12.2. The van der Waals surface area contributed by atoms with Gasteiger partial charge < -0.3 is 24.1 Å². The minimum atomic E-state index is -0.654. The average molecular weight is 496 g/mol. The van der Waals surface area contributed by atoms with E-state index in [-0.39, 0.29) is 6.61 Å². The van der Waals surface area contributed by atoms with Crippen molar-refractivity contribution >= 4 is 0 Å². The lowest BCUT2D eigenvalue weighted by Crippen LogP contribution is -2.36. The highest BCUT2D eigenvalue weighted by Crippen LogP contribution is 2.33. The lowest BCUT2D eigenvalue weighted by Gasteiger charge is -2.25. The number of rotatable bonds is 16. The molecule has 0 saturated carbocycles. The van der Waals surface area contributed by atoms with Gasteiger partial charge in [-0.2, -0.15) is 5.10 Å². The van der Waals surface area contributed by atoms with E-state index in [0.29, 0.717) is 50.2 Å². The summed E-state index contributed by atoms with van der Waals surface area (Å²) >= 11 is 0. The molecule has 1 heterocycles. The summed E-state index contributed by atoms with van der Waals surface area (Å²) in [5.41, 5.74) is 2.79. The molecular formula is C28H37N3O5. The van der Waals surface area contributed by atoms with Crippen molar-refractivity contribution < 1.29 is 24.1 Å². The average Bonchev–Trinajstić information content (AvgIpc) is 3.24. The van der Waals surface area contributed by atoms with Gasteiger partial charge in [0.15, 0.2) is 0 Å². The van der Waals surface area contributed by atoms with E-state index in [1.54, 1.807) is 20.3 Å². The van der Waals surface area contributed by atoms with E-state index in [9.17, 15) is 5.11 Å². The second-order valence-electron chi connectivity index (χ2n) is 8.32. The monoisotopic (exact) mass is 495 g/mol. The molecule has 0 saturated heterocycles. The minimum Gasteiger partial charge on any atom is -0.497 e. The first-order chi connectivity index (χ1) is 17.6. The Morgan fingerprint density at radius 3 is 2.58 bits per heavy atom. The number of aromatic nitrogens is 2. The standard InChI is InChI=1S/C28H37N3O5/c1-5-16-35-21-23(32)19-30(15-17-33-3)20-26-27(6-2)29-31(22-11-8-7-9-12-22)28(26)36-25-14-10-13-24(18-25)34-4/h5,7-14,18,23,32H,1,6,15-17,19-21H2,2-4H3/t23-/m1/s1. The SMILES string of the molecule is C=CCOC[C@H](O)CN(CCOC)Cc1c(CC)nn(-c2ccccc2)c1Oc1cccc(OC)c1. The van der Waals surface area contributed by atoms with E-state index < -0.39 is 6.10 Å². The van der Waals surface area contributed by atoms with Gasteiger partial charge in [0, 0.05) is 32.8 Å². The smallest absolute Gasteiger partial charge is 0.227 e. The lowest BCUT2D eigenvalue weighted by molar-refractivity contribution is 0.0192. The quantitative estimate of drug-likeness (QED) is 0.235. The summed E-state index contributed by atoms with van der Waals surface area (Å²) in [7, 11) is 3.30. The molecule has 3 aromatic rings. The fourth-order valence-electron chi connectivity index (χ4n) is 3.86. The van der Waals surface area contributed by atoms with E-state index in [1.807, 2.05) is 59.3 Å². The van der Waals surface area contributed by atoms with Gasteiger partial charge in [-0.3, -0.25) is 4.90 Å². The zero-order chi connectivity index (χ0) is 25.8. The molecule has 1 N–H and O–H groups in total. The van der Waals surface area contributed by atoms with Crippen molar-refractivity contribution in [2.24, 2.45) is 0 Å². The number of nitrogens with zero attached hydrogens (tertiary/aromatic N) is 3. The van der Waals surface area contributed by atoms with Gasteiger partial charge in [0.1, 0.15) is 11.5 Å². The molecule has 8 heteroatoms. The van der Waals surface area contributed by atoms with Gasteiger partial charge >= 0.3 is 0 Å². The molecule has 1 atom stereocenters. The Balaban J connectivity index is 1.98. The van der Waals surface area contributed by atoms with Crippen LogP contribution in [0.1, 0.15) is 18.2 Å². The summed E-state index contributed by atoms with van der Waals surface area (Å²) in [6, 6.07) is 17.4. The summed E-state index contributed by atoms with van der Waals surface area (Å²) < 4.78 is 24.5. The van der Waals surface area contributed by atoms with Crippen molar-refractivity contribution in [1.82, 2.24) is 14.7 Å². The van der Waals surface area contributed by atoms with Gasteiger partial charge in [-0.05, 0) is 30.7 Å². The first-order valence-electron chi connectivity index (χ1n) is 12.2. The van der Waals surface area contributed by atoms with Gasteiger partial charge in [0.2, 0.25) is 5.88 Å². The molecule has 2 aromatic carbocycles. The summed E-state index contributed by atoms with van der Waals surface area (Å²) in [6.07, 6.45) is 1.74. The highest BCUT2D eigenvalue weighted by atomic mass is 16.5. The van der Waals surface area contributed by atoms with E-state index in [0.717, 1.165) is 23.4 Å². The summed E-state index contributed by atoms with van der Waals surface area (Å²) in [4.78, 5) is 2.13. The third kappa shape index (κ3) is 7.66. The molecule has 0 radical (unpaired) electrons. The van der Waals surface area contributed by atoms with Crippen LogP contribution in [0.25, 0.3) is 5.69 Å². The van der Waals surface area contributed by atoms with Crippen LogP contribution >= 0.6 is 0 Å². The van der Waals surface area contributed by atoms with Crippen LogP contribution < -0.4 is 9.47 Å². The van der Waals surface area contributed by atoms with E-state index in [2.05, 4.69) is 18.4 Å². The van der Waals surface area contributed by atoms with Crippen molar-refractivity contribution in [2.45, 2.75) is 26.0 Å². The summed E-state index contributed by atoms with van der Waals surface area (Å²) in [6.45, 7) is 8.46. The fraction of sp³-hybridized carbons (Fsp3) is 0.393. The van der Waals surface area contributed by atoms with Crippen LogP contribution in [0.2, 0.25) is 0 Å². The third-order valence-corrected chi connectivity index (χ3v) is 5.62. The molecule has 0 aliphatic rings. The molecular weight excluding hydrogens is 458 g/mol. The predicted octanol–water partition coefficient (Wildman–Crippen LogP) is 4.25. The van der Waals surface area contributed by atoms with Crippen molar-refractivity contribution in [3.8, 4) is 23.1 Å². The molecule has 3 rings (SSSR count). The van der Waals surface area contributed by atoms with Gasteiger partial charge in [-0.15, -0.1) is 6.58 Å². The Kier molecular flexibility index (Phi) is 11.0. The zero-order valence-electron chi connectivity index (χ0n) is 21.4. The highest BCUT2D eigenvalue weighted by Gasteiger charge is 2.24. The number of aryl methyl sites for hydroxylation is 1. The van der Waals surface area contributed by atoms with Crippen molar-refractivity contribution in [1.29, 1.82) is 0 Å². The minimum absolute atomic E-state index is 0.229. The maximum Gasteiger partial charge on any atom is 0.227 e. The predicted molar refractivity (Wildman–Crippen MR) is 140 cm³/mol. The Bertz CT molecular complexity index is 1070. The van der Waals surface area contributed by atoms with Gasteiger partial charge in [0.05, 0.1) is 50.0 Å². The number of para-hydroxylation sites is 1. The number of hydrogen-bond donors (Lipinski definition) is 1. The van der Waals surface area contributed by atoms with Gasteiger partial charge in [-0.1, -0.05) is 37.3 Å². The van der Waals surface area contributed by atoms with Crippen LogP contribution in [0, 0.1) is 0 Å². The van der Waals surface area contributed by atoms with Gasteiger partial charge in [0.25, 0.3) is 0 Å². The van der Waals surface area contributed by atoms with Crippen molar-refractivity contribution in [3.63, 3.8) is 0 Å². The topological polar surface area (TPSA) is 78.2 Å². The third-order valence-electron chi connectivity index (χ3n) is 5.62. The van der Waals surface area contributed by atoms with Gasteiger partial charge in [-0.25, -0.2) is 4.68 Å². The van der Waals surface area contributed by atoms with Crippen LogP contribution in [-0.4, -0.2) is 73.0 Å². The zero-order valence-corrected chi connectivity index (χ0v) is 21.4. The molecule has 1 aromatic heterocycles. The van der Waals surface area contributed by atoms with Crippen LogP contribution in [0.5, 0.6) is 17.4 Å². The molecule has 0 bridgehead atoms. The molecule has 36 heavy (non-hydrogen) atoms. The number of aliphatic hydroxyl groups excluding tert-OH is 1. The largest absolute Gasteiger partial charge is 0.497 e. The fourth-order valence-corrected chi connectivity index (χ4v) is 3.86. The number of aliphatic hydroxyl groups is 1. The molecule has 0 unspecified atom stereocenters. The number of hydrogen-bond acceptors (Lipinski definition) is 7. The molecule has 0 fully saturated rings. The number of benzene rings is 2. The molecule has 8 nitrogen and oxygen atoms in total. The highest BCUT2D eigenvalue weighted by molar-refractivity contribution is 5.44. The molecule has 0 aliphatic heterocycles. The number of methoxy groups -OCH3 is 2. The second kappa shape index (κ2) is 14.4. The van der Waals surface area contributed by atoms with E-state index >= 15 is 0 Å². The van der Waals surface area contributed by atoms with Crippen LogP contribution in [-0.2, 0) is 22.4 Å². The number of ether oxygens (including phenoxy) is 4. The Hall–Kier alpha value is -3.17. The van der Waals surface area contributed by atoms with Crippen molar-refractivity contribution in [2.75, 3.05) is 47.1 Å². The maximum absolute atomic E-state index is 10.6. The Morgan fingerprint density at radius 1 is 1.11 bits per heavy atom. The molecule has 0 aliphatic carbocycles. The normalized spacial score (nSPS) is 12.0. The maximum atomic E-state index is 10.6. The molecule has 0 spiro atoms. The van der Waals surface area contributed by atoms with E-state index in [1.165, 1.54) is 0 Å². The molecule has 0 amide bonds. The summed E-state index contributed by atoms with van der Waals surface area (Å²) in [5.74, 6) is 1.99. The first kappa shape index (κ1) is 27.4. The molecule has 194 valence electrons. The van der Waals surface area contributed by atoms with Crippen molar-refractivity contribution in [3.05, 3.63) is 78.5 Å². The second-order valence-corrected chi connectivity index (χ2v) is 8.32.